The molecular formula is C15H17N5O2. The smallest absolute Gasteiger partial charge is 0.319 e. The second kappa shape index (κ2) is 8.32. The van der Waals surface area contributed by atoms with Gasteiger partial charge in [0.2, 0.25) is 0 Å². The average Bonchev–Trinajstić information content (AvgIpc) is 3.04. The van der Waals surface area contributed by atoms with Gasteiger partial charge in [-0.25, -0.2) is 9.78 Å². The van der Waals surface area contributed by atoms with Crippen molar-refractivity contribution in [1.82, 2.24) is 20.5 Å². The summed E-state index contributed by atoms with van der Waals surface area (Å²) >= 11 is 0. The van der Waals surface area contributed by atoms with Gasteiger partial charge in [-0.3, -0.25) is 5.10 Å². The maximum Gasteiger partial charge on any atom is 0.319 e. The summed E-state index contributed by atoms with van der Waals surface area (Å²) in [4.78, 5) is 15.9. The fourth-order valence-corrected chi connectivity index (χ4v) is 1.79. The normalized spacial score (nSPS) is 9.77. The average molecular weight is 299 g/mol. The van der Waals surface area contributed by atoms with E-state index in [2.05, 4.69) is 31.7 Å². The first-order valence-electron chi connectivity index (χ1n) is 6.84. The van der Waals surface area contributed by atoms with Gasteiger partial charge in [0, 0.05) is 13.0 Å². The number of nitrogens with one attached hydrogen (secondary N) is 3. The van der Waals surface area contributed by atoms with Crippen molar-refractivity contribution in [3.05, 3.63) is 36.4 Å². The van der Waals surface area contributed by atoms with Crippen LogP contribution in [0.25, 0.3) is 0 Å². The number of nitrogens with zero attached hydrogens (tertiary/aromatic N) is 2. The van der Waals surface area contributed by atoms with Crippen molar-refractivity contribution in [1.29, 1.82) is 0 Å². The van der Waals surface area contributed by atoms with Crippen LogP contribution in [0.15, 0.2) is 30.6 Å². The minimum absolute atomic E-state index is 0.150. The van der Waals surface area contributed by atoms with Gasteiger partial charge in [-0.1, -0.05) is 18.1 Å². The van der Waals surface area contributed by atoms with Crippen LogP contribution in [0.4, 0.5) is 10.5 Å². The zero-order valence-electron chi connectivity index (χ0n) is 12.0. The molecule has 2 amide bonds. The summed E-state index contributed by atoms with van der Waals surface area (Å²) in [5, 5.41) is 12.0. The van der Waals surface area contributed by atoms with Gasteiger partial charge in [0.25, 0.3) is 0 Å². The lowest BCUT2D eigenvalue weighted by molar-refractivity contribution is 0.252. The Morgan fingerprint density at radius 2 is 2.27 bits per heavy atom. The molecular weight excluding hydrogens is 282 g/mol. The van der Waals surface area contributed by atoms with Crippen LogP contribution in [0.5, 0.6) is 5.75 Å². The van der Waals surface area contributed by atoms with E-state index in [4.69, 9.17) is 11.2 Å². The molecule has 0 saturated heterocycles. The molecule has 0 aliphatic carbocycles. The van der Waals surface area contributed by atoms with E-state index in [9.17, 15) is 4.79 Å². The maximum atomic E-state index is 11.8. The Hall–Kier alpha value is -3.01. The van der Waals surface area contributed by atoms with Crippen molar-refractivity contribution < 1.29 is 9.53 Å². The Bertz CT molecular complexity index is 634. The van der Waals surface area contributed by atoms with E-state index in [0.717, 1.165) is 18.7 Å². The molecule has 0 atom stereocenters. The van der Waals surface area contributed by atoms with Gasteiger partial charge in [-0.05, 0) is 18.6 Å². The van der Waals surface area contributed by atoms with Crippen molar-refractivity contribution >= 4 is 11.7 Å². The number of carbonyl (C=O) groups is 1. The molecule has 1 aromatic carbocycles. The van der Waals surface area contributed by atoms with Gasteiger partial charge in [0.15, 0.2) is 0 Å². The fraction of sp³-hybridized carbons (Fsp3) is 0.267. The molecule has 2 aromatic rings. The minimum Gasteiger partial charge on any atom is -0.479 e. The third-order valence-electron chi connectivity index (χ3n) is 2.79. The number of hydrogen-bond acceptors (Lipinski definition) is 4. The molecule has 0 bridgehead atoms. The van der Waals surface area contributed by atoms with E-state index in [1.165, 1.54) is 6.33 Å². The first kappa shape index (κ1) is 15.4. The summed E-state index contributed by atoms with van der Waals surface area (Å²) in [5.74, 6) is 3.73. The summed E-state index contributed by atoms with van der Waals surface area (Å²) in [6, 6.07) is 6.82. The van der Waals surface area contributed by atoms with E-state index in [1.807, 2.05) is 12.1 Å². The molecule has 0 aliphatic heterocycles. The van der Waals surface area contributed by atoms with Crippen molar-refractivity contribution in [3.63, 3.8) is 0 Å². The van der Waals surface area contributed by atoms with Gasteiger partial charge >= 0.3 is 6.03 Å². The van der Waals surface area contributed by atoms with Crippen molar-refractivity contribution in [2.45, 2.75) is 12.8 Å². The number of rotatable bonds is 7. The van der Waals surface area contributed by atoms with Crippen LogP contribution >= 0.6 is 0 Å². The molecule has 114 valence electrons. The first-order valence-corrected chi connectivity index (χ1v) is 6.84. The Kier molecular flexibility index (Phi) is 5.81. The summed E-state index contributed by atoms with van der Waals surface area (Å²) in [6.07, 6.45) is 8.11. The molecule has 7 nitrogen and oxygen atoms in total. The molecule has 0 aliphatic rings. The largest absolute Gasteiger partial charge is 0.479 e. The summed E-state index contributed by atoms with van der Waals surface area (Å²) in [5.41, 5.74) is 0.575. The Morgan fingerprint density at radius 3 is 3.05 bits per heavy atom. The minimum atomic E-state index is -0.297. The van der Waals surface area contributed by atoms with E-state index in [-0.39, 0.29) is 12.6 Å². The summed E-state index contributed by atoms with van der Waals surface area (Å²) < 4.78 is 5.36. The van der Waals surface area contributed by atoms with Crippen LogP contribution < -0.4 is 15.4 Å². The van der Waals surface area contributed by atoms with Gasteiger partial charge in [0.1, 0.15) is 24.5 Å². The third kappa shape index (κ3) is 4.83. The Morgan fingerprint density at radius 1 is 1.41 bits per heavy atom. The molecule has 3 N–H and O–H groups in total. The highest BCUT2D eigenvalue weighted by Gasteiger charge is 2.06. The number of terminal acetylenes is 1. The lowest BCUT2D eigenvalue weighted by atomic mass is 10.3. The predicted octanol–water partition coefficient (Wildman–Crippen LogP) is 1.57. The zero-order valence-corrected chi connectivity index (χ0v) is 12.0. The summed E-state index contributed by atoms with van der Waals surface area (Å²) in [6.45, 7) is 0.678. The van der Waals surface area contributed by atoms with E-state index >= 15 is 0 Å². The lowest BCUT2D eigenvalue weighted by Gasteiger charge is -2.11. The lowest BCUT2D eigenvalue weighted by Crippen LogP contribution is -2.30. The number of H-pyrrole nitrogens is 1. The predicted molar refractivity (Wildman–Crippen MR) is 82.5 cm³/mol. The van der Waals surface area contributed by atoms with Crippen LogP contribution in [0.1, 0.15) is 12.2 Å². The van der Waals surface area contributed by atoms with Crippen LogP contribution in [0.2, 0.25) is 0 Å². The highest BCUT2D eigenvalue weighted by Crippen LogP contribution is 2.23. The number of amides is 2. The van der Waals surface area contributed by atoms with E-state index < -0.39 is 0 Å². The molecule has 1 heterocycles. The van der Waals surface area contributed by atoms with Gasteiger partial charge < -0.3 is 15.4 Å². The highest BCUT2D eigenvalue weighted by atomic mass is 16.5. The molecule has 7 heteroatoms. The zero-order chi connectivity index (χ0) is 15.6. The van der Waals surface area contributed by atoms with E-state index in [0.29, 0.717) is 18.0 Å². The van der Waals surface area contributed by atoms with Crippen molar-refractivity contribution in [2.75, 3.05) is 18.5 Å². The van der Waals surface area contributed by atoms with Crippen LogP contribution in [0, 0.1) is 12.3 Å². The number of aromatic amines is 1. The molecule has 0 radical (unpaired) electrons. The second-order valence-corrected chi connectivity index (χ2v) is 4.41. The number of hydrogen-bond donors (Lipinski definition) is 3. The number of carbonyl (C=O) groups excluding carboxylic acids is 1. The number of aryl methyl sites for hydroxylation is 1. The standard InChI is InChI=1S/C15H17N5O2/c1-2-10-22-13-7-4-3-6-12(13)19-15(21)16-9-5-8-14-17-11-18-20-14/h1,3-4,6-7,11H,5,8-10H2,(H2,16,19,21)(H,17,18,20). The third-order valence-corrected chi connectivity index (χ3v) is 2.79. The highest BCUT2D eigenvalue weighted by molar-refractivity contribution is 5.90. The number of aromatic nitrogens is 3. The quantitative estimate of drug-likeness (QED) is 0.534. The number of anilines is 1. The SMILES string of the molecule is C#CCOc1ccccc1NC(=O)NCCCc1ncn[nH]1. The molecule has 0 fully saturated rings. The number of benzene rings is 1. The van der Waals surface area contributed by atoms with Crippen LogP contribution in [-0.4, -0.2) is 34.4 Å². The molecule has 1 aromatic heterocycles. The Balaban J connectivity index is 1.76. The van der Waals surface area contributed by atoms with Crippen LogP contribution in [-0.2, 0) is 6.42 Å². The molecule has 22 heavy (non-hydrogen) atoms. The van der Waals surface area contributed by atoms with Crippen molar-refractivity contribution in [2.24, 2.45) is 0 Å². The van der Waals surface area contributed by atoms with Crippen LogP contribution in [0.3, 0.4) is 0 Å². The molecule has 0 unspecified atom stereocenters. The maximum absolute atomic E-state index is 11.8. The monoisotopic (exact) mass is 299 g/mol. The fourth-order valence-electron chi connectivity index (χ4n) is 1.79. The van der Waals surface area contributed by atoms with Gasteiger partial charge in [0.05, 0.1) is 5.69 Å². The number of ether oxygens (including phenoxy) is 1. The number of para-hydroxylation sites is 2. The first-order chi connectivity index (χ1) is 10.8. The second-order valence-electron chi connectivity index (χ2n) is 4.41. The van der Waals surface area contributed by atoms with Gasteiger partial charge in [-0.15, -0.1) is 6.42 Å². The topological polar surface area (TPSA) is 91.9 Å². The number of urea groups is 1. The molecule has 0 saturated carbocycles. The van der Waals surface area contributed by atoms with E-state index in [1.54, 1.807) is 12.1 Å². The Labute approximate surface area is 128 Å². The summed E-state index contributed by atoms with van der Waals surface area (Å²) in [7, 11) is 0. The van der Waals surface area contributed by atoms with Crippen molar-refractivity contribution in [3.8, 4) is 18.1 Å². The van der Waals surface area contributed by atoms with Gasteiger partial charge in [-0.2, -0.15) is 5.10 Å². The molecule has 0 spiro atoms. The molecule has 2 rings (SSSR count).